The predicted molar refractivity (Wildman–Crippen MR) is 107 cm³/mol. The SMILES string of the molecule is C=NNC(=O)/C(Cl)=C(\C)N1Cc2cccc(OCCN3CCNCC3)c2C1. The van der Waals surface area contributed by atoms with Crippen molar-refractivity contribution in [2.75, 3.05) is 39.3 Å². The van der Waals surface area contributed by atoms with Crippen molar-refractivity contribution in [3.63, 3.8) is 0 Å². The lowest BCUT2D eigenvalue weighted by Gasteiger charge is -2.27. The Kier molecular flexibility index (Phi) is 6.71. The first-order chi connectivity index (χ1) is 13.1. The highest BCUT2D eigenvalue weighted by molar-refractivity contribution is 6.42. The van der Waals surface area contributed by atoms with Crippen molar-refractivity contribution in [2.45, 2.75) is 20.0 Å². The van der Waals surface area contributed by atoms with E-state index in [1.165, 1.54) is 5.56 Å². The summed E-state index contributed by atoms with van der Waals surface area (Å²) in [6.45, 7) is 12.2. The van der Waals surface area contributed by atoms with Crippen molar-refractivity contribution in [3.05, 3.63) is 40.1 Å². The fourth-order valence-corrected chi connectivity index (χ4v) is 3.57. The lowest BCUT2D eigenvalue weighted by Crippen LogP contribution is -2.44. The molecule has 0 aromatic heterocycles. The molecule has 1 aromatic carbocycles. The molecule has 8 heteroatoms. The van der Waals surface area contributed by atoms with Crippen LogP contribution in [0.4, 0.5) is 0 Å². The first kappa shape index (κ1) is 19.7. The van der Waals surface area contributed by atoms with Gasteiger partial charge < -0.3 is 15.0 Å². The molecule has 7 nitrogen and oxygen atoms in total. The van der Waals surface area contributed by atoms with Gasteiger partial charge in [-0.15, -0.1) is 0 Å². The predicted octanol–water partition coefficient (Wildman–Crippen LogP) is 1.49. The molecule has 2 heterocycles. The van der Waals surface area contributed by atoms with Gasteiger partial charge in [0.25, 0.3) is 5.91 Å². The summed E-state index contributed by atoms with van der Waals surface area (Å²) in [6.07, 6.45) is 0. The molecule has 0 unspecified atom stereocenters. The Bertz CT molecular complexity index is 731. The number of piperazine rings is 1. The quantitative estimate of drug-likeness (QED) is 0.418. The van der Waals surface area contributed by atoms with Gasteiger partial charge in [-0.25, -0.2) is 5.43 Å². The Morgan fingerprint density at radius 3 is 2.89 bits per heavy atom. The number of rotatable bonds is 7. The standard InChI is InChI=1S/C19H26ClN5O2/c1-14(18(20)19(26)23-21-2)25-12-15-4-3-5-17(16(15)13-25)27-11-10-24-8-6-22-7-9-24/h3-5,22H,2,6-13H2,1H3,(H,23,26)/b18-14-. The third-order valence-corrected chi connectivity index (χ3v) is 5.43. The molecule has 0 aliphatic carbocycles. The zero-order chi connectivity index (χ0) is 19.2. The number of nitrogens with one attached hydrogen (secondary N) is 2. The van der Waals surface area contributed by atoms with Gasteiger partial charge in [0, 0.05) is 63.8 Å². The zero-order valence-corrected chi connectivity index (χ0v) is 16.4. The van der Waals surface area contributed by atoms with E-state index in [9.17, 15) is 4.79 Å². The number of halogens is 1. The number of carbonyl (C=O) groups is 1. The Morgan fingerprint density at radius 1 is 1.37 bits per heavy atom. The van der Waals surface area contributed by atoms with Crippen LogP contribution in [0, 0.1) is 0 Å². The minimum Gasteiger partial charge on any atom is -0.492 e. The number of hydrogen-bond acceptors (Lipinski definition) is 6. The van der Waals surface area contributed by atoms with Crippen LogP contribution in [-0.4, -0.2) is 61.8 Å². The maximum Gasteiger partial charge on any atom is 0.284 e. The Hall–Kier alpha value is -2.09. The highest BCUT2D eigenvalue weighted by atomic mass is 35.5. The molecule has 0 bridgehead atoms. The molecule has 1 aromatic rings. The molecule has 2 aliphatic rings. The van der Waals surface area contributed by atoms with Gasteiger partial charge in [0.1, 0.15) is 17.4 Å². The van der Waals surface area contributed by atoms with Crippen LogP contribution in [0.1, 0.15) is 18.1 Å². The topological polar surface area (TPSA) is 69.2 Å². The monoisotopic (exact) mass is 391 g/mol. The molecule has 1 saturated heterocycles. The van der Waals surface area contributed by atoms with E-state index in [2.05, 4.69) is 38.4 Å². The smallest absolute Gasteiger partial charge is 0.284 e. The largest absolute Gasteiger partial charge is 0.492 e. The molecule has 2 N–H and O–H groups in total. The van der Waals surface area contributed by atoms with Crippen molar-refractivity contribution in [1.29, 1.82) is 0 Å². The number of benzene rings is 1. The summed E-state index contributed by atoms with van der Waals surface area (Å²) >= 11 is 6.19. The van der Waals surface area contributed by atoms with Crippen LogP contribution in [0.25, 0.3) is 0 Å². The van der Waals surface area contributed by atoms with Crippen molar-refractivity contribution < 1.29 is 9.53 Å². The molecule has 1 fully saturated rings. The number of hydrogen-bond donors (Lipinski definition) is 2. The third-order valence-electron chi connectivity index (χ3n) is 4.99. The van der Waals surface area contributed by atoms with Crippen LogP contribution >= 0.6 is 11.6 Å². The summed E-state index contributed by atoms with van der Waals surface area (Å²) in [5, 5.41) is 6.85. The van der Waals surface area contributed by atoms with E-state index < -0.39 is 5.91 Å². The molecular formula is C19H26ClN5O2. The van der Waals surface area contributed by atoms with Gasteiger partial charge in [0.15, 0.2) is 0 Å². The van der Waals surface area contributed by atoms with E-state index in [-0.39, 0.29) is 5.03 Å². The van der Waals surface area contributed by atoms with Gasteiger partial charge in [-0.2, -0.15) is 5.10 Å². The first-order valence-electron chi connectivity index (χ1n) is 9.14. The van der Waals surface area contributed by atoms with Crippen LogP contribution in [0.2, 0.25) is 0 Å². The summed E-state index contributed by atoms with van der Waals surface area (Å²) < 4.78 is 6.09. The van der Waals surface area contributed by atoms with Crippen LogP contribution in [-0.2, 0) is 17.9 Å². The highest BCUT2D eigenvalue weighted by Crippen LogP contribution is 2.34. The molecule has 27 heavy (non-hydrogen) atoms. The average Bonchev–Trinajstić information content (AvgIpc) is 3.13. The van der Waals surface area contributed by atoms with E-state index in [4.69, 9.17) is 16.3 Å². The van der Waals surface area contributed by atoms with E-state index in [0.717, 1.165) is 44.0 Å². The average molecular weight is 392 g/mol. The van der Waals surface area contributed by atoms with Gasteiger partial charge in [0.05, 0.1) is 0 Å². The number of amides is 1. The molecule has 0 saturated carbocycles. The summed E-state index contributed by atoms with van der Waals surface area (Å²) in [5.74, 6) is 0.457. The van der Waals surface area contributed by atoms with E-state index >= 15 is 0 Å². The van der Waals surface area contributed by atoms with Crippen molar-refractivity contribution >= 4 is 24.2 Å². The lowest BCUT2D eigenvalue weighted by atomic mass is 10.1. The number of allylic oxidation sites excluding steroid dienone is 1. The van der Waals surface area contributed by atoms with Crippen LogP contribution in [0.15, 0.2) is 34.0 Å². The molecule has 146 valence electrons. The maximum atomic E-state index is 11.9. The molecule has 3 rings (SSSR count). The Morgan fingerprint density at radius 2 is 2.15 bits per heavy atom. The minimum absolute atomic E-state index is 0.122. The normalized spacial score (nSPS) is 17.9. The zero-order valence-electron chi connectivity index (χ0n) is 15.6. The van der Waals surface area contributed by atoms with Crippen LogP contribution in [0.3, 0.4) is 0 Å². The van der Waals surface area contributed by atoms with Gasteiger partial charge in [0.2, 0.25) is 0 Å². The van der Waals surface area contributed by atoms with E-state index in [1.54, 1.807) is 0 Å². The number of ether oxygens (including phenoxy) is 1. The first-order valence-corrected chi connectivity index (χ1v) is 9.52. The summed E-state index contributed by atoms with van der Waals surface area (Å²) in [7, 11) is 0. The number of fused-ring (bicyclic) bond motifs is 1. The van der Waals surface area contributed by atoms with Crippen molar-refractivity contribution in [2.24, 2.45) is 5.10 Å². The van der Waals surface area contributed by atoms with E-state index in [1.807, 2.05) is 19.1 Å². The fraction of sp³-hybridized carbons (Fsp3) is 0.474. The molecular weight excluding hydrogens is 366 g/mol. The number of carbonyl (C=O) groups excluding carboxylic acids is 1. The van der Waals surface area contributed by atoms with Crippen LogP contribution < -0.4 is 15.5 Å². The van der Waals surface area contributed by atoms with Gasteiger partial charge in [-0.05, 0) is 18.6 Å². The van der Waals surface area contributed by atoms with Gasteiger partial charge in [-0.1, -0.05) is 23.7 Å². The second-order valence-corrected chi connectivity index (χ2v) is 7.07. The minimum atomic E-state index is -0.451. The van der Waals surface area contributed by atoms with Gasteiger partial charge >= 0.3 is 0 Å². The maximum absolute atomic E-state index is 11.9. The summed E-state index contributed by atoms with van der Waals surface area (Å²) in [6, 6.07) is 6.11. The third kappa shape index (κ3) is 4.80. The molecule has 1 amide bonds. The number of hydrazone groups is 1. The Labute approximate surface area is 165 Å². The number of nitrogens with zero attached hydrogens (tertiary/aromatic N) is 3. The summed E-state index contributed by atoms with van der Waals surface area (Å²) in [4.78, 5) is 16.4. The highest BCUT2D eigenvalue weighted by Gasteiger charge is 2.25. The van der Waals surface area contributed by atoms with Crippen molar-refractivity contribution in [1.82, 2.24) is 20.5 Å². The van der Waals surface area contributed by atoms with Gasteiger partial charge in [-0.3, -0.25) is 9.69 Å². The second-order valence-electron chi connectivity index (χ2n) is 6.69. The second kappa shape index (κ2) is 9.21. The summed E-state index contributed by atoms with van der Waals surface area (Å²) in [5.41, 5.74) is 5.33. The van der Waals surface area contributed by atoms with Crippen molar-refractivity contribution in [3.8, 4) is 5.75 Å². The molecule has 0 spiro atoms. The molecule has 2 aliphatic heterocycles. The fourth-order valence-electron chi connectivity index (χ4n) is 3.41. The molecule has 0 radical (unpaired) electrons. The molecule has 0 atom stereocenters. The van der Waals surface area contributed by atoms with E-state index in [0.29, 0.717) is 25.4 Å². The van der Waals surface area contributed by atoms with Crippen LogP contribution in [0.5, 0.6) is 5.75 Å². The Balaban J connectivity index is 1.63. The lowest BCUT2D eigenvalue weighted by molar-refractivity contribution is -0.117.